The predicted molar refractivity (Wildman–Crippen MR) is 159 cm³/mol. The maximum Gasteiger partial charge on any atom is 0.337 e. The zero-order valence-electron chi connectivity index (χ0n) is 22.6. The first-order valence-electron chi connectivity index (χ1n) is 13.4. The maximum atomic E-state index is 12.4. The monoisotopic (exact) mass is 580 g/mol. The van der Waals surface area contributed by atoms with Crippen LogP contribution in [-0.2, 0) is 11.2 Å². The molecule has 0 aliphatic carbocycles. The SMILES string of the molecule is N#Cc1cccc(SN2CCC(Oc3ccc(Oc4ccc(CC(=O)Nc5ccccc5C(=O)O)cn4)cc3)CC2)c1. The Morgan fingerprint density at radius 3 is 2.48 bits per heavy atom. The van der Waals surface area contributed by atoms with Crippen LogP contribution in [0.1, 0.15) is 34.3 Å². The Morgan fingerprint density at radius 2 is 1.76 bits per heavy atom. The summed E-state index contributed by atoms with van der Waals surface area (Å²) in [6.45, 7) is 1.79. The van der Waals surface area contributed by atoms with Gasteiger partial charge in [0.2, 0.25) is 11.8 Å². The summed E-state index contributed by atoms with van der Waals surface area (Å²) in [5, 5.41) is 21.0. The van der Waals surface area contributed by atoms with Crippen LogP contribution in [0.5, 0.6) is 17.4 Å². The van der Waals surface area contributed by atoms with Gasteiger partial charge in [-0.15, -0.1) is 0 Å². The Balaban J connectivity index is 1.07. The van der Waals surface area contributed by atoms with E-state index in [1.165, 1.54) is 6.07 Å². The van der Waals surface area contributed by atoms with Crippen LogP contribution >= 0.6 is 11.9 Å². The fourth-order valence-corrected chi connectivity index (χ4v) is 5.46. The van der Waals surface area contributed by atoms with Gasteiger partial charge in [-0.3, -0.25) is 4.79 Å². The third-order valence-electron chi connectivity index (χ3n) is 6.54. The number of aromatic carboxylic acids is 1. The number of nitrogens with zero attached hydrogens (tertiary/aromatic N) is 3. The van der Waals surface area contributed by atoms with Gasteiger partial charge in [0, 0.05) is 30.2 Å². The molecule has 2 N–H and O–H groups in total. The molecule has 2 heterocycles. The summed E-state index contributed by atoms with van der Waals surface area (Å²) in [5.74, 6) is 0.314. The lowest BCUT2D eigenvalue weighted by Gasteiger charge is -2.31. The van der Waals surface area contributed by atoms with Gasteiger partial charge in [0.1, 0.15) is 17.6 Å². The zero-order valence-corrected chi connectivity index (χ0v) is 23.4. The minimum absolute atomic E-state index is 0.0316. The van der Waals surface area contributed by atoms with Crippen molar-refractivity contribution in [2.45, 2.75) is 30.3 Å². The molecule has 1 aromatic heterocycles. The molecular weight excluding hydrogens is 552 g/mol. The fraction of sp³-hybridized carbons (Fsp3) is 0.188. The predicted octanol–water partition coefficient (Wildman–Crippen LogP) is 6.18. The number of anilines is 1. The number of pyridine rings is 1. The number of piperidine rings is 1. The Morgan fingerprint density at radius 1 is 1.00 bits per heavy atom. The molecule has 0 unspecified atom stereocenters. The van der Waals surface area contributed by atoms with Crippen LogP contribution in [0.2, 0.25) is 0 Å². The number of amides is 1. The van der Waals surface area contributed by atoms with Crippen LogP contribution in [0.25, 0.3) is 0 Å². The molecule has 5 rings (SSSR count). The van der Waals surface area contributed by atoms with Crippen LogP contribution in [0, 0.1) is 11.3 Å². The highest BCUT2D eigenvalue weighted by Crippen LogP contribution is 2.29. The van der Waals surface area contributed by atoms with Gasteiger partial charge >= 0.3 is 5.97 Å². The minimum atomic E-state index is -1.11. The second-order valence-electron chi connectivity index (χ2n) is 9.63. The van der Waals surface area contributed by atoms with Crippen LogP contribution < -0.4 is 14.8 Å². The summed E-state index contributed by atoms with van der Waals surface area (Å²) in [4.78, 5) is 29.1. The molecular formula is C32H28N4O5S. The van der Waals surface area contributed by atoms with Crippen molar-refractivity contribution in [1.82, 2.24) is 9.29 Å². The molecule has 1 aliphatic heterocycles. The van der Waals surface area contributed by atoms with Gasteiger partial charge < -0.3 is 19.9 Å². The number of benzene rings is 3. The van der Waals surface area contributed by atoms with Gasteiger partial charge in [0.15, 0.2) is 0 Å². The molecule has 9 nitrogen and oxygen atoms in total. The molecule has 3 aromatic carbocycles. The molecule has 1 amide bonds. The number of ether oxygens (including phenoxy) is 2. The Kier molecular flexibility index (Phi) is 9.33. The quantitative estimate of drug-likeness (QED) is 0.212. The van der Waals surface area contributed by atoms with E-state index in [0.29, 0.717) is 22.8 Å². The van der Waals surface area contributed by atoms with Crippen molar-refractivity contribution in [3.05, 3.63) is 108 Å². The van der Waals surface area contributed by atoms with Crippen molar-refractivity contribution in [3.8, 4) is 23.4 Å². The summed E-state index contributed by atoms with van der Waals surface area (Å²) in [6.07, 6.45) is 3.54. The number of hydrogen-bond acceptors (Lipinski definition) is 8. The third-order valence-corrected chi connectivity index (χ3v) is 7.63. The highest BCUT2D eigenvalue weighted by molar-refractivity contribution is 7.97. The van der Waals surface area contributed by atoms with E-state index in [1.54, 1.807) is 48.5 Å². The average molecular weight is 581 g/mol. The molecule has 1 fully saturated rings. The number of rotatable bonds is 10. The summed E-state index contributed by atoms with van der Waals surface area (Å²) < 4.78 is 14.3. The first kappa shape index (κ1) is 28.7. The van der Waals surface area contributed by atoms with E-state index in [0.717, 1.165) is 36.6 Å². The molecule has 42 heavy (non-hydrogen) atoms. The van der Waals surface area contributed by atoms with E-state index in [1.807, 2.05) is 48.5 Å². The number of nitrogens with one attached hydrogen (secondary N) is 1. The fourth-order valence-electron chi connectivity index (χ4n) is 4.45. The van der Waals surface area contributed by atoms with Crippen molar-refractivity contribution in [3.63, 3.8) is 0 Å². The number of carboxylic acid groups (broad SMARTS) is 1. The molecule has 10 heteroatoms. The van der Waals surface area contributed by atoms with E-state index in [4.69, 9.17) is 14.7 Å². The van der Waals surface area contributed by atoms with Crippen molar-refractivity contribution in [1.29, 1.82) is 5.26 Å². The third kappa shape index (κ3) is 7.87. The zero-order chi connectivity index (χ0) is 29.3. The molecule has 0 spiro atoms. The van der Waals surface area contributed by atoms with Crippen LogP contribution in [-0.4, -0.2) is 45.5 Å². The number of para-hydroxylation sites is 1. The number of carbonyl (C=O) groups excluding carboxylic acids is 1. The molecule has 1 saturated heterocycles. The molecule has 4 aromatic rings. The van der Waals surface area contributed by atoms with Gasteiger partial charge in [-0.25, -0.2) is 14.1 Å². The second kappa shape index (κ2) is 13.7. The molecule has 0 atom stereocenters. The average Bonchev–Trinajstić information content (AvgIpc) is 3.00. The molecule has 0 radical (unpaired) electrons. The highest BCUT2D eigenvalue weighted by atomic mass is 32.2. The van der Waals surface area contributed by atoms with E-state index in [-0.39, 0.29) is 29.7 Å². The lowest BCUT2D eigenvalue weighted by molar-refractivity contribution is -0.115. The molecule has 212 valence electrons. The largest absolute Gasteiger partial charge is 0.490 e. The van der Waals surface area contributed by atoms with Crippen molar-refractivity contribution >= 4 is 29.5 Å². The normalized spacial score (nSPS) is 13.6. The van der Waals surface area contributed by atoms with E-state index in [9.17, 15) is 14.7 Å². The number of carbonyl (C=O) groups is 2. The first-order chi connectivity index (χ1) is 20.4. The maximum absolute atomic E-state index is 12.4. The van der Waals surface area contributed by atoms with Gasteiger partial charge in [0.05, 0.1) is 29.3 Å². The molecule has 1 aliphatic rings. The standard InChI is InChI=1S/C32H28N4O5S/c33-20-22-4-3-5-27(18-22)42-36-16-14-26(15-17-36)40-24-9-11-25(12-10-24)41-31-13-8-23(21-34-31)19-30(37)35-29-7-2-1-6-28(29)32(38)39/h1-13,18,21,26H,14-17,19H2,(H,35,37)(H,38,39). The van der Waals surface area contributed by atoms with Gasteiger partial charge in [-0.05, 0) is 85.0 Å². The van der Waals surface area contributed by atoms with E-state index < -0.39 is 5.97 Å². The number of carboxylic acids is 1. The summed E-state index contributed by atoms with van der Waals surface area (Å²) in [5.41, 5.74) is 1.61. The lowest BCUT2D eigenvalue weighted by atomic mass is 10.1. The van der Waals surface area contributed by atoms with Crippen molar-refractivity contribution < 1.29 is 24.2 Å². The van der Waals surface area contributed by atoms with Gasteiger partial charge in [-0.2, -0.15) is 5.26 Å². The van der Waals surface area contributed by atoms with Gasteiger partial charge in [-0.1, -0.05) is 24.3 Å². The molecule has 0 bridgehead atoms. The number of hydrogen-bond donors (Lipinski definition) is 2. The number of nitriles is 1. The van der Waals surface area contributed by atoms with Crippen molar-refractivity contribution in [2.75, 3.05) is 18.4 Å². The second-order valence-corrected chi connectivity index (χ2v) is 10.8. The topological polar surface area (TPSA) is 125 Å². The van der Waals surface area contributed by atoms with E-state index in [2.05, 4.69) is 20.7 Å². The van der Waals surface area contributed by atoms with Crippen LogP contribution in [0.15, 0.2) is 96.0 Å². The smallest absolute Gasteiger partial charge is 0.337 e. The summed E-state index contributed by atoms with van der Waals surface area (Å²) >= 11 is 1.68. The molecule has 0 saturated carbocycles. The Labute approximate surface area is 247 Å². The van der Waals surface area contributed by atoms with E-state index >= 15 is 0 Å². The highest BCUT2D eigenvalue weighted by Gasteiger charge is 2.21. The van der Waals surface area contributed by atoms with Crippen LogP contribution in [0.4, 0.5) is 5.69 Å². The number of aromatic nitrogens is 1. The lowest BCUT2D eigenvalue weighted by Crippen LogP contribution is -2.34. The Bertz CT molecular complexity index is 1580. The summed E-state index contributed by atoms with van der Waals surface area (Å²) in [6, 6.07) is 26.9. The van der Waals surface area contributed by atoms with Crippen LogP contribution in [0.3, 0.4) is 0 Å². The van der Waals surface area contributed by atoms with Gasteiger partial charge in [0.25, 0.3) is 0 Å². The van der Waals surface area contributed by atoms with Crippen molar-refractivity contribution in [2.24, 2.45) is 0 Å². The summed E-state index contributed by atoms with van der Waals surface area (Å²) in [7, 11) is 0. The Hall–Kier alpha value is -4.85. The first-order valence-corrected chi connectivity index (χ1v) is 14.2. The minimum Gasteiger partial charge on any atom is -0.490 e.